The van der Waals surface area contributed by atoms with Gasteiger partial charge in [0.2, 0.25) is 5.82 Å². The Kier molecular flexibility index (Phi) is 8.04. The topological polar surface area (TPSA) is 79.5 Å². The molecule has 2 aromatic carbocycles. The fourth-order valence-corrected chi connectivity index (χ4v) is 4.07. The highest BCUT2D eigenvalue weighted by molar-refractivity contribution is 5.85. The molecule has 4 rings (SSSR count). The predicted octanol–water partition coefficient (Wildman–Crippen LogP) is 5.32. The average molecular weight is 456 g/mol. The fraction of sp³-hybridized carbons (Fsp3) is 0.400. The van der Waals surface area contributed by atoms with Crippen LogP contribution in [-0.2, 0) is 17.8 Å². The number of halogens is 1. The molecule has 0 aliphatic carbocycles. The number of likely N-dealkylation sites (tertiary alicyclic amines) is 1. The maximum Gasteiger partial charge on any atom is 0.306 e. The van der Waals surface area contributed by atoms with Crippen molar-refractivity contribution in [3.63, 3.8) is 0 Å². The molecule has 2 heterocycles. The number of carbonyl (C=O) groups is 1. The van der Waals surface area contributed by atoms with Crippen molar-refractivity contribution in [2.45, 2.75) is 39.7 Å². The number of aromatic nitrogens is 2. The zero-order valence-electron chi connectivity index (χ0n) is 18.5. The molecule has 6 nitrogen and oxygen atoms in total. The first-order valence-electron chi connectivity index (χ1n) is 11.0. The summed E-state index contributed by atoms with van der Waals surface area (Å²) in [6.45, 7) is 6.90. The minimum atomic E-state index is -0.671. The Bertz CT molecular complexity index is 1010. The smallest absolute Gasteiger partial charge is 0.306 e. The van der Waals surface area contributed by atoms with Crippen molar-refractivity contribution in [2.24, 2.45) is 11.8 Å². The van der Waals surface area contributed by atoms with E-state index in [1.807, 2.05) is 24.3 Å². The van der Waals surface area contributed by atoms with Crippen molar-refractivity contribution in [1.29, 1.82) is 0 Å². The quantitative estimate of drug-likeness (QED) is 0.519. The molecule has 0 unspecified atom stereocenters. The number of aliphatic carboxylic acids is 1. The second-order valence-electron chi connectivity index (χ2n) is 8.80. The van der Waals surface area contributed by atoms with Gasteiger partial charge >= 0.3 is 5.97 Å². The van der Waals surface area contributed by atoms with E-state index in [4.69, 9.17) is 9.63 Å². The second kappa shape index (κ2) is 10.7. The highest BCUT2D eigenvalue weighted by Crippen LogP contribution is 2.24. The van der Waals surface area contributed by atoms with E-state index < -0.39 is 5.97 Å². The van der Waals surface area contributed by atoms with Gasteiger partial charge in [-0.1, -0.05) is 55.4 Å². The molecule has 0 bridgehead atoms. The van der Waals surface area contributed by atoms with Crippen LogP contribution in [0.15, 0.2) is 53.1 Å². The summed E-state index contributed by atoms with van der Waals surface area (Å²) in [4.78, 5) is 18.0. The third-order valence-electron chi connectivity index (χ3n) is 5.83. The summed E-state index contributed by atoms with van der Waals surface area (Å²) < 4.78 is 5.49. The fourth-order valence-electron chi connectivity index (χ4n) is 4.07. The lowest BCUT2D eigenvalue weighted by Crippen LogP contribution is -2.35. The Morgan fingerprint density at radius 3 is 2.22 bits per heavy atom. The van der Waals surface area contributed by atoms with Crippen molar-refractivity contribution < 1.29 is 14.4 Å². The standard InChI is InChI=1S/C25H29N3O3.ClH/c1-17(2)15-18-3-9-21(10-4-18)24-26-23(27-31-24)20-7-5-19(6-8-20)16-28-13-11-22(12-14-28)25(29)30;/h3-10,17,22H,11-16H2,1-2H3,(H,29,30);1H. The van der Waals surface area contributed by atoms with Gasteiger partial charge in [-0.2, -0.15) is 4.98 Å². The van der Waals surface area contributed by atoms with Crippen LogP contribution in [0.3, 0.4) is 0 Å². The van der Waals surface area contributed by atoms with Gasteiger partial charge in [-0.25, -0.2) is 0 Å². The Morgan fingerprint density at radius 2 is 1.62 bits per heavy atom. The molecule has 170 valence electrons. The van der Waals surface area contributed by atoms with Gasteiger partial charge in [0.1, 0.15) is 0 Å². The summed E-state index contributed by atoms with van der Waals surface area (Å²) in [7, 11) is 0. The lowest BCUT2D eigenvalue weighted by molar-refractivity contribution is -0.143. The molecule has 3 aromatic rings. The Hall–Kier alpha value is -2.70. The van der Waals surface area contributed by atoms with Crippen molar-refractivity contribution in [3.8, 4) is 22.8 Å². The molecule has 0 atom stereocenters. The van der Waals surface area contributed by atoms with Gasteiger partial charge in [0, 0.05) is 17.7 Å². The molecule has 1 aliphatic rings. The summed E-state index contributed by atoms with van der Waals surface area (Å²) in [6, 6.07) is 16.5. The molecular weight excluding hydrogens is 426 g/mol. The Balaban J connectivity index is 0.00000289. The Labute approximate surface area is 195 Å². The summed E-state index contributed by atoms with van der Waals surface area (Å²) in [6.07, 6.45) is 2.49. The van der Waals surface area contributed by atoms with Gasteiger partial charge in [-0.3, -0.25) is 9.69 Å². The number of carboxylic acids is 1. The molecule has 1 aliphatic heterocycles. The molecule has 0 spiro atoms. The van der Waals surface area contributed by atoms with Crippen LogP contribution >= 0.6 is 12.4 Å². The molecule has 1 fully saturated rings. The Morgan fingerprint density at radius 1 is 1.03 bits per heavy atom. The van der Waals surface area contributed by atoms with Gasteiger partial charge in [-0.05, 0) is 61.5 Å². The van der Waals surface area contributed by atoms with Gasteiger partial charge in [0.15, 0.2) is 0 Å². The summed E-state index contributed by atoms with van der Waals surface area (Å²) in [5.41, 5.74) is 4.34. The van der Waals surface area contributed by atoms with Crippen LogP contribution in [0.5, 0.6) is 0 Å². The molecule has 0 saturated carbocycles. The first kappa shape index (κ1) is 24.0. The van der Waals surface area contributed by atoms with Gasteiger partial charge in [-0.15, -0.1) is 12.4 Å². The van der Waals surface area contributed by atoms with Crippen molar-refractivity contribution in [1.82, 2.24) is 15.0 Å². The third-order valence-corrected chi connectivity index (χ3v) is 5.83. The van der Waals surface area contributed by atoms with E-state index in [1.54, 1.807) is 0 Å². The van der Waals surface area contributed by atoms with Gasteiger partial charge < -0.3 is 9.63 Å². The maximum absolute atomic E-state index is 11.1. The second-order valence-corrected chi connectivity index (χ2v) is 8.80. The van der Waals surface area contributed by atoms with Crippen molar-refractivity contribution in [2.75, 3.05) is 13.1 Å². The number of benzene rings is 2. The van der Waals surface area contributed by atoms with Crippen molar-refractivity contribution >= 4 is 18.4 Å². The largest absolute Gasteiger partial charge is 0.481 e. The number of nitrogens with zero attached hydrogens (tertiary/aromatic N) is 3. The van der Waals surface area contributed by atoms with E-state index >= 15 is 0 Å². The van der Waals surface area contributed by atoms with Crippen LogP contribution in [0, 0.1) is 11.8 Å². The zero-order valence-corrected chi connectivity index (χ0v) is 19.3. The third kappa shape index (κ3) is 5.96. The van der Waals surface area contributed by atoms with Gasteiger partial charge in [0.25, 0.3) is 5.89 Å². The normalized spacial score (nSPS) is 15.0. The zero-order chi connectivity index (χ0) is 21.8. The molecule has 0 amide bonds. The van der Waals surface area contributed by atoms with Crippen LogP contribution in [0.25, 0.3) is 22.8 Å². The number of hydrogen-bond donors (Lipinski definition) is 1. The SMILES string of the molecule is CC(C)Cc1ccc(-c2nc(-c3ccc(CN4CCC(C(=O)O)CC4)cc3)no2)cc1.Cl. The van der Waals surface area contributed by atoms with Crippen LogP contribution in [0.2, 0.25) is 0 Å². The monoisotopic (exact) mass is 455 g/mol. The highest BCUT2D eigenvalue weighted by atomic mass is 35.5. The minimum absolute atomic E-state index is 0. The number of piperidine rings is 1. The number of carboxylic acid groups (broad SMARTS) is 1. The molecule has 7 heteroatoms. The lowest BCUT2D eigenvalue weighted by Gasteiger charge is -2.30. The molecular formula is C25H30ClN3O3. The van der Waals surface area contributed by atoms with Crippen LogP contribution in [0.4, 0.5) is 0 Å². The average Bonchev–Trinajstić information content (AvgIpc) is 3.25. The predicted molar refractivity (Wildman–Crippen MR) is 127 cm³/mol. The van der Waals surface area contributed by atoms with E-state index in [0.717, 1.165) is 50.0 Å². The molecule has 1 saturated heterocycles. The minimum Gasteiger partial charge on any atom is -0.481 e. The van der Waals surface area contributed by atoms with Crippen LogP contribution in [0.1, 0.15) is 37.8 Å². The van der Waals surface area contributed by atoms with E-state index in [9.17, 15) is 4.79 Å². The van der Waals surface area contributed by atoms with E-state index in [0.29, 0.717) is 17.6 Å². The summed E-state index contributed by atoms with van der Waals surface area (Å²) in [5, 5.41) is 13.3. The van der Waals surface area contributed by atoms with Crippen LogP contribution < -0.4 is 0 Å². The van der Waals surface area contributed by atoms with Gasteiger partial charge in [0.05, 0.1) is 5.92 Å². The van der Waals surface area contributed by atoms with E-state index in [2.05, 4.69) is 53.2 Å². The number of rotatable bonds is 7. The summed E-state index contributed by atoms with van der Waals surface area (Å²) >= 11 is 0. The molecule has 1 aromatic heterocycles. The molecule has 1 N–H and O–H groups in total. The van der Waals surface area contributed by atoms with Crippen molar-refractivity contribution in [3.05, 3.63) is 59.7 Å². The van der Waals surface area contributed by atoms with E-state index in [-0.39, 0.29) is 18.3 Å². The highest BCUT2D eigenvalue weighted by Gasteiger charge is 2.24. The summed E-state index contributed by atoms with van der Waals surface area (Å²) in [5.74, 6) is 0.861. The first-order valence-corrected chi connectivity index (χ1v) is 11.0. The van der Waals surface area contributed by atoms with E-state index in [1.165, 1.54) is 11.1 Å². The maximum atomic E-state index is 11.1. The first-order chi connectivity index (χ1) is 15.0. The molecule has 32 heavy (non-hydrogen) atoms. The van der Waals surface area contributed by atoms with Crippen LogP contribution in [-0.4, -0.2) is 39.2 Å². The number of hydrogen-bond acceptors (Lipinski definition) is 5. The lowest BCUT2D eigenvalue weighted by atomic mass is 9.97. The molecule has 0 radical (unpaired) electrons.